The molecule has 0 spiro atoms. The van der Waals surface area contributed by atoms with Gasteiger partial charge in [0, 0.05) is 5.56 Å². The normalized spacial score (nSPS) is 15.1. The van der Waals surface area contributed by atoms with Crippen molar-refractivity contribution < 1.29 is 19.5 Å². The average molecular weight is 415 g/mol. The monoisotopic (exact) mass is 415 g/mol. The molecule has 6 heteroatoms. The van der Waals surface area contributed by atoms with Crippen molar-refractivity contribution in [3.63, 3.8) is 0 Å². The van der Waals surface area contributed by atoms with Gasteiger partial charge in [0.2, 0.25) is 0 Å². The maximum Gasteiger partial charge on any atom is 0.293 e. The summed E-state index contributed by atoms with van der Waals surface area (Å²) in [5, 5.41) is 8.88. The fourth-order valence-electron chi connectivity index (χ4n) is 3.07. The Hall–Kier alpha value is -3.64. The first-order chi connectivity index (χ1) is 14.5. The maximum atomic E-state index is 12.6. The quantitative estimate of drug-likeness (QED) is 0.470. The first kappa shape index (κ1) is 19.7. The van der Waals surface area contributed by atoms with E-state index in [1.165, 1.54) is 12.1 Å². The van der Waals surface area contributed by atoms with E-state index in [1.54, 1.807) is 30.3 Å². The minimum absolute atomic E-state index is 0.115. The second-order valence-corrected chi connectivity index (χ2v) is 7.72. The largest absolute Gasteiger partial charge is 0.508 e. The fourth-order valence-corrected chi connectivity index (χ4v) is 3.91. The number of ketones is 1. The Labute approximate surface area is 177 Å². The van der Waals surface area contributed by atoms with Crippen LogP contribution in [0.25, 0.3) is 17.2 Å². The third-order valence-electron chi connectivity index (χ3n) is 4.68. The number of phenols is 1. The van der Waals surface area contributed by atoms with Crippen LogP contribution in [-0.4, -0.2) is 33.5 Å². The summed E-state index contributed by atoms with van der Waals surface area (Å²) in [5.41, 5.74) is 3.15. The van der Waals surface area contributed by atoms with Gasteiger partial charge in [-0.1, -0.05) is 66.7 Å². The minimum atomic E-state index is -0.493. The number of aromatic hydroxyl groups is 1. The highest BCUT2D eigenvalue weighted by molar-refractivity contribution is 8.18. The second-order valence-electron chi connectivity index (χ2n) is 6.73. The SMILES string of the molecule is O=C(CN1C(=O)S/C(=C/c2ccc(O)cc2)C1=O)c1ccc(-c2ccccc2)cc1. The highest BCUT2D eigenvalue weighted by Crippen LogP contribution is 2.32. The predicted molar refractivity (Wildman–Crippen MR) is 117 cm³/mol. The zero-order valence-corrected chi connectivity index (χ0v) is 16.6. The maximum absolute atomic E-state index is 12.6. The Morgan fingerprint density at radius 1 is 0.867 bits per heavy atom. The fraction of sp³-hybridized carbons (Fsp3) is 0.0417. The topological polar surface area (TPSA) is 74.7 Å². The Kier molecular flexibility index (Phi) is 5.50. The van der Waals surface area contributed by atoms with E-state index in [4.69, 9.17) is 0 Å². The van der Waals surface area contributed by atoms with E-state index in [0.717, 1.165) is 27.8 Å². The Balaban J connectivity index is 1.47. The van der Waals surface area contributed by atoms with Gasteiger partial charge in [0.25, 0.3) is 11.1 Å². The molecule has 1 aliphatic heterocycles. The number of hydrogen-bond donors (Lipinski definition) is 1. The smallest absolute Gasteiger partial charge is 0.293 e. The molecule has 0 saturated carbocycles. The van der Waals surface area contributed by atoms with Crippen molar-refractivity contribution >= 4 is 34.8 Å². The molecule has 0 bridgehead atoms. The predicted octanol–water partition coefficient (Wildman–Crippen LogP) is 4.98. The van der Waals surface area contributed by atoms with E-state index in [9.17, 15) is 19.5 Å². The number of Topliss-reactive ketones (excluding diaryl/α,β-unsaturated/α-hetero) is 1. The molecule has 3 aromatic rings. The molecule has 0 aliphatic carbocycles. The molecular formula is C24H17NO4S. The van der Waals surface area contributed by atoms with Crippen molar-refractivity contribution in [3.8, 4) is 16.9 Å². The van der Waals surface area contributed by atoms with E-state index in [1.807, 2.05) is 42.5 Å². The van der Waals surface area contributed by atoms with Crippen molar-refractivity contribution in [1.29, 1.82) is 0 Å². The number of thioether (sulfide) groups is 1. The van der Waals surface area contributed by atoms with Gasteiger partial charge in [-0.2, -0.15) is 0 Å². The van der Waals surface area contributed by atoms with Gasteiger partial charge in [-0.25, -0.2) is 0 Å². The first-order valence-electron chi connectivity index (χ1n) is 9.24. The Bertz CT molecular complexity index is 1140. The summed E-state index contributed by atoms with van der Waals surface area (Å²) >= 11 is 0.802. The van der Waals surface area contributed by atoms with Gasteiger partial charge in [-0.05, 0) is 46.7 Å². The molecule has 4 rings (SSSR count). The summed E-state index contributed by atoms with van der Waals surface area (Å²) in [4.78, 5) is 38.7. The number of carbonyl (C=O) groups excluding carboxylic acids is 3. The van der Waals surface area contributed by atoms with Crippen LogP contribution in [0.15, 0.2) is 83.8 Å². The standard InChI is InChI=1S/C24H17NO4S/c26-20-12-6-16(7-13-20)14-22-23(28)25(24(29)30-22)15-21(27)19-10-8-18(9-11-19)17-4-2-1-3-5-17/h1-14,26H,15H2/b22-14+. The summed E-state index contributed by atoms with van der Waals surface area (Å²) in [6.45, 7) is -0.303. The van der Waals surface area contributed by atoms with Crippen molar-refractivity contribution in [1.82, 2.24) is 4.90 Å². The van der Waals surface area contributed by atoms with Gasteiger partial charge in [-0.15, -0.1) is 0 Å². The summed E-state index contributed by atoms with van der Waals surface area (Å²) in [5.74, 6) is -0.681. The molecule has 3 aromatic carbocycles. The van der Waals surface area contributed by atoms with Crippen LogP contribution >= 0.6 is 11.8 Å². The first-order valence-corrected chi connectivity index (χ1v) is 10.1. The lowest BCUT2D eigenvalue weighted by molar-refractivity contribution is -0.122. The van der Waals surface area contributed by atoms with Crippen molar-refractivity contribution in [2.75, 3.05) is 6.54 Å². The van der Waals surface area contributed by atoms with Gasteiger partial charge in [-0.3, -0.25) is 19.3 Å². The molecular weight excluding hydrogens is 398 g/mol. The molecule has 5 nitrogen and oxygen atoms in total. The molecule has 1 N–H and O–H groups in total. The number of carbonyl (C=O) groups is 3. The van der Waals surface area contributed by atoms with E-state index >= 15 is 0 Å². The molecule has 1 aliphatic rings. The summed E-state index contributed by atoms with van der Waals surface area (Å²) in [7, 11) is 0. The number of amides is 2. The molecule has 148 valence electrons. The summed E-state index contributed by atoms with van der Waals surface area (Å²) < 4.78 is 0. The Morgan fingerprint density at radius 3 is 2.17 bits per heavy atom. The van der Waals surface area contributed by atoms with Crippen molar-refractivity contribution in [2.45, 2.75) is 0 Å². The third kappa shape index (κ3) is 4.18. The Morgan fingerprint density at radius 2 is 1.50 bits per heavy atom. The zero-order valence-electron chi connectivity index (χ0n) is 15.8. The van der Waals surface area contributed by atoms with Crippen molar-refractivity contribution in [3.05, 3.63) is 94.9 Å². The van der Waals surface area contributed by atoms with Crippen LogP contribution in [0.1, 0.15) is 15.9 Å². The van der Waals surface area contributed by atoms with Gasteiger partial charge in [0.1, 0.15) is 5.75 Å². The van der Waals surface area contributed by atoms with Gasteiger partial charge in [0.15, 0.2) is 5.78 Å². The number of imide groups is 1. The number of benzene rings is 3. The minimum Gasteiger partial charge on any atom is -0.508 e. The number of nitrogens with zero attached hydrogens (tertiary/aromatic N) is 1. The summed E-state index contributed by atoms with van der Waals surface area (Å²) in [6, 6.07) is 23.2. The second kappa shape index (κ2) is 8.39. The van der Waals surface area contributed by atoms with Crippen LogP contribution in [0.2, 0.25) is 0 Å². The van der Waals surface area contributed by atoms with Crippen molar-refractivity contribution in [2.24, 2.45) is 0 Å². The van der Waals surface area contributed by atoms with Crippen LogP contribution in [-0.2, 0) is 4.79 Å². The van der Waals surface area contributed by atoms with Crippen LogP contribution in [0.5, 0.6) is 5.75 Å². The number of phenolic OH excluding ortho intramolecular Hbond substituents is 1. The lowest BCUT2D eigenvalue weighted by atomic mass is 10.0. The summed E-state index contributed by atoms with van der Waals surface area (Å²) in [6.07, 6.45) is 1.57. The molecule has 0 atom stereocenters. The van der Waals surface area contributed by atoms with E-state index in [0.29, 0.717) is 11.1 Å². The molecule has 0 aromatic heterocycles. The average Bonchev–Trinajstić information content (AvgIpc) is 3.03. The van der Waals surface area contributed by atoms with E-state index in [-0.39, 0.29) is 23.0 Å². The molecule has 2 amide bonds. The van der Waals surface area contributed by atoms with Gasteiger partial charge >= 0.3 is 0 Å². The molecule has 1 heterocycles. The molecule has 30 heavy (non-hydrogen) atoms. The van der Waals surface area contributed by atoms with Gasteiger partial charge in [0.05, 0.1) is 11.4 Å². The molecule has 1 saturated heterocycles. The zero-order chi connectivity index (χ0) is 21.1. The molecule has 0 radical (unpaired) electrons. The van der Waals surface area contributed by atoms with Crippen LogP contribution in [0, 0.1) is 0 Å². The lowest BCUT2D eigenvalue weighted by Crippen LogP contribution is -2.33. The van der Waals surface area contributed by atoms with E-state index < -0.39 is 11.1 Å². The van der Waals surface area contributed by atoms with E-state index in [2.05, 4.69) is 0 Å². The highest BCUT2D eigenvalue weighted by atomic mass is 32.2. The van der Waals surface area contributed by atoms with Crippen LogP contribution in [0.4, 0.5) is 4.79 Å². The van der Waals surface area contributed by atoms with Crippen LogP contribution in [0.3, 0.4) is 0 Å². The van der Waals surface area contributed by atoms with Gasteiger partial charge < -0.3 is 5.11 Å². The lowest BCUT2D eigenvalue weighted by Gasteiger charge is -2.11. The highest BCUT2D eigenvalue weighted by Gasteiger charge is 2.36. The van der Waals surface area contributed by atoms with Crippen LogP contribution < -0.4 is 0 Å². The molecule has 0 unspecified atom stereocenters. The number of rotatable bonds is 5. The molecule has 1 fully saturated rings. The third-order valence-corrected chi connectivity index (χ3v) is 5.59. The number of hydrogen-bond acceptors (Lipinski definition) is 5.